The minimum Gasteiger partial charge on any atom is -0.314 e. The summed E-state index contributed by atoms with van der Waals surface area (Å²) in [6, 6.07) is 7.46. The van der Waals surface area contributed by atoms with Crippen molar-refractivity contribution in [2.75, 3.05) is 6.54 Å². The Morgan fingerprint density at radius 2 is 2.11 bits per heavy atom. The van der Waals surface area contributed by atoms with E-state index in [-0.39, 0.29) is 0 Å². The first-order chi connectivity index (χ1) is 9.12. The van der Waals surface area contributed by atoms with Gasteiger partial charge in [0.1, 0.15) is 0 Å². The maximum absolute atomic E-state index is 12.0. The lowest BCUT2D eigenvalue weighted by molar-refractivity contribution is 0.489. The van der Waals surface area contributed by atoms with E-state index in [1.165, 1.54) is 12.8 Å². The van der Waals surface area contributed by atoms with Crippen molar-refractivity contribution in [2.45, 2.75) is 37.1 Å². The molecule has 1 aliphatic heterocycles. The number of rotatable bonds is 5. The van der Waals surface area contributed by atoms with E-state index in [0.29, 0.717) is 29.0 Å². The normalized spacial score (nSPS) is 21.8. The van der Waals surface area contributed by atoms with E-state index in [4.69, 9.17) is 0 Å². The van der Waals surface area contributed by atoms with Crippen molar-refractivity contribution in [3.63, 3.8) is 0 Å². The van der Waals surface area contributed by atoms with Crippen molar-refractivity contribution in [1.82, 2.24) is 5.32 Å². The van der Waals surface area contributed by atoms with E-state index in [2.05, 4.69) is 16.6 Å². The summed E-state index contributed by atoms with van der Waals surface area (Å²) in [6.07, 6.45) is 3.17. The lowest BCUT2D eigenvalue weighted by atomic mass is 10.00. The zero-order chi connectivity index (χ0) is 13.5. The molecule has 1 heterocycles. The molecule has 1 atom stereocenters. The molecule has 102 valence electrons. The maximum atomic E-state index is 12.0. The molecular weight excluding hydrogens is 260 g/mol. The molecule has 1 fully saturated rings. The zero-order valence-electron chi connectivity index (χ0n) is 11.0. The van der Waals surface area contributed by atoms with E-state index in [0.717, 1.165) is 12.1 Å². The predicted molar refractivity (Wildman–Crippen MR) is 75.0 cm³/mol. The fourth-order valence-corrected chi connectivity index (χ4v) is 3.97. The molecule has 2 aliphatic rings. The molecule has 3 rings (SSSR count). The van der Waals surface area contributed by atoms with Crippen LogP contribution in [0.3, 0.4) is 0 Å². The Labute approximate surface area is 114 Å². The summed E-state index contributed by atoms with van der Waals surface area (Å²) < 4.78 is 27.9. The third kappa shape index (κ3) is 2.44. The molecule has 4 nitrogen and oxygen atoms in total. The van der Waals surface area contributed by atoms with E-state index in [9.17, 15) is 8.42 Å². The van der Waals surface area contributed by atoms with Crippen molar-refractivity contribution in [2.24, 2.45) is 10.3 Å². The van der Waals surface area contributed by atoms with Gasteiger partial charge in [-0.1, -0.05) is 25.1 Å². The number of sulfonamides is 1. The highest BCUT2D eigenvalue weighted by Crippen LogP contribution is 2.36. The van der Waals surface area contributed by atoms with E-state index in [1.54, 1.807) is 12.1 Å². The summed E-state index contributed by atoms with van der Waals surface area (Å²) in [5.41, 5.74) is 1.50. The van der Waals surface area contributed by atoms with Crippen LogP contribution in [0.1, 0.15) is 31.7 Å². The molecule has 0 amide bonds. The van der Waals surface area contributed by atoms with Gasteiger partial charge in [0.25, 0.3) is 10.0 Å². The molecule has 0 saturated heterocycles. The predicted octanol–water partition coefficient (Wildman–Crippen LogP) is 1.96. The van der Waals surface area contributed by atoms with Crippen LogP contribution in [0.4, 0.5) is 0 Å². The summed E-state index contributed by atoms with van der Waals surface area (Å²) in [6.45, 7) is 2.99. The number of nitrogens with zero attached hydrogens (tertiary/aromatic N) is 1. The third-order valence-electron chi connectivity index (χ3n) is 3.78. The third-order valence-corrected chi connectivity index (χ3v) is 5.15. The molecular formula is C14H18N2O2S. The molecule has 1 aliphatic carbocycles. The number of hydrogen-bond acceptors (Lipinski definition) is 3. The topological polar surface area (TPSA) is 58.5 Å². The van der Waals surface area contributed by atoms with Gasteiger partial charge in [-0.2, -0.15) is 12.8 Å². The van der Waals surface area contributed by atoms with Gasteiger partial charge in [0.15, 0.2) is 0 Å². The number of benzene rings is 1. The van der Waals surface area contributed by atoms with Crippen molar-refractivity contribution >= 4 is 15.7 Å². The van der Waals surface area contributed by atoms with Gasteiger partial charge in [-0.25, -0.2) is 0 Å². The van der Waals surface area contributed by atoms with Crippen molar-refractivity contribution in [3.8, 4) is 0 Å². The molecule has 1 unspecified atom stereocenters. The summed E-state index contributed by atoms with van der Waals surface area (Å²) in [5, 5.41) is 3.45. The first-order valence-corrected chi connectivity index (χ1v) is 8.22. The lowest BCUT2D eigenvalue weighted by Crippen LogP contribution is -2.33. The van der Waals surface area contributed by atoms with Gasteiger partial charge < -0.3 is 5.32 Å². The molecule has 1 saturated carbocycles. The summed E-state index contributed by atoms with van der Waals surface area (Å²) >= 11 is 0. The van der Waals surface area contributed by atoms with Gasteiger partial charge in [-0.05, 0) is 31.4 Å². The Hall–Kier alpha value is -1.20. The van der Waals surface area contributed by atoms with Crippen molar-refractivity contribution in [3.05, 3.63) is 29.8 Å². The van der Waals surface area contributed by atoms with Crippen molar-refractivity contribution in [1.29, 1.82) is 0 Å². The Morgan fingerprint density at radius 1 is 1.37 bits per heavy atom. The van der Waals surface area contributed by atoms with Gasteiger partial charge in [0, 0.05) is 18.0 Å². The van der Waals surface area contributed by atoms with Gasteiger partial charge >= 0.3 is 0 Å². The second-order valence-corrected chi connectivity index (χ2v) is 6.79. The van der Waals surface area contributed by atoms with Crippen LogP contribution in [0.5, 0.6) is 0 Å². The van der Waals surface area contributed by atoms with E-state index in [1.807, 2.05) is 12.1 Å². The molecule has 1 N–H and O–H groups in total. The van der Waals surface area contributed by atoms with Crippen LogP contribution in [0, 0.1) is 5.92 Å². The fourth-order valence-electron chi connectivity index (χ4n) is 2.70. The largest absolute Gasteiger partial charge is 0.314 e. The van der Waals surface area contributed by atoms with E-state index >= 15 is 0 Å². The Bertz CT molecular complexity index is 618. The molecule has 1 aromatic carbocycles. The molecule has 0 spiro atoms. The first kappa shape index (κ1) is 12.8. The highest BCUT2D eigenvalue weighted by atomic mass is 32.2. The smallest absolute Gasteiger partial charge is 0.283 e. The summed E-state index contributed by atoms with van der Waals surface area (Å²) in [7, 11) is -3.46. The zero-order valence-corrected chi connectivity index (χ0v) is 11.8. The Morgan fingerprint density at radius 3 is 2.79 bits per heavy atom. The molecule has 0 radical (unpaired) electrons. The van der Waals surface area contributed by atoms with Crippen LogP contribution in [0.25, 0.3) is 0 Å². The number of hydrogen-bond donors (Lipinski definition) is 1. The minimum atomic E-state index is -3.46. The Balaban J connectivity index is 1.89. The molecule has 0 aromatic heterocycles. The maximum Gasteiger partial charge on any atom is 0.283 e. The van der Waals surface area contributed by atoms with Crippen molar-refractivity contribution < 1.29 is 8.42 Å². The molecule has 5 heteroatoms. The summed E-state index contributed by atoms with van der Waals surface area (Å²) in [5.74, 6) is 0.679. The molecule has 19 heavy (non-hydrogen) atoms. The quantitative estimate of drug-likeness (QED) is 0.895. The average Bonchev–Trinajstić information content (AvgIpc) is 3.18. The van der Waals surface area contributed by atoms with Crippen LogP contribution < -0.4 is 5.32 Å². The van der Waals surface area contributed by atoms with Gasteiger partial charge in [-0.15, -0.1) is 0 Å². The Kier molecular flexibility index (Phi) is 3.19. The van der Waals surface area contributed by atoms with Crippen LogP contribution in [0.2, 0.25) is 0 Å². The van der Waals surface area contributed by atoms with Crippen LogP contribution >= 0.6 is 0 Å². The fraction of sp³-hybridized carbons (Fsp3) is 0.500. The number of nitrogens with one attached hydrogen (secondary N) is 1. The van der Waals surface area contributed by atoms with Gasteiger partial charge in [0.05, 0.1) is 10.6 Å². The van der Waals surface area contributed by atoms with Crippen LogP contribution in [-0.2, 0) is 10.0 Å². The second-order valence-electron chi connectivity index (χ2n) is 5.21. The SMILES string of the molecule is CCNC(CC1=NS(=O)(=O)c2ccccc21)C1CC1. The van der Waals surface area contributed by atoms with Crippen LogP contribution in [-0.4, -0.2) is 26.7 Å². The standard InChI is InChI=1S/C14H18N2O2S/c1-2-15-12(10-7-8-10)9-13-11-5-3-4-6-14(11)19(17,18)16-13/h3-6,10,12,15H,2,7-9H2,1H3. The minimum absolute atomic E-state index is 0.352. The van der Waals surface area contributed by atoms with E-state index < -0.39 is 10.0 Å². The second kappa shape index (κ2) is 4.72. The van der Waals surface area contributed by atoms with Crippen LogP contribution in [0.15, 0.2) is 33.6 Å². The monoisotopic (exact) mass is 278 g/mol. The molecule has 1 aromatic rings. The first-order valence-electron chi connectivity index (χ1n) is 6.78. The van der Waals surface area contributed by atoms with Gasteiger partial charge in [-0.3, -0.25) is 0 Å². The lowest BCUT2D eigenvalue weighted by Gasteiger charge is -2.17. The van der Waals surface area contributed by atoms with Gasteiger partial charge in [0.2, 0.25) is 0 Å². The molecule has 0 bridgehead atoms. The average molecular weight is 278 g/mol. The highest BCUT2D eigenvalue weighted by molar-refractivity contribution is 7.90. The number of fused-ring (bicyclic) bond motifs is 1. The summed E-state index contributed by atoms with van der Waals surface area (Å²) in [4.78, 5) is 0.357. The highest BCUT2D eigenvalue weighted by Gasteiger charge is 2.35.